The van der Waals surface area contributed by atoms with Crippen LogP contribution < -0.4 is 20.0 Å². The number of fused-ring (bicyclic) bond motifs is 3. The zero-order valence-electron chi connectivity index (χ0n) is 51.8. The van der Waals surface area contributed by atoms with Gasteiger partial charge in [0, 0.05) is 99.8 Å². The lowest BCUT2D eigenvalue weighted by Crippen LogP contribution is -2.48. The van der Waals surface area contributed by atoms with E-state index in [0.717, 1.165) is 157 Å². The molecule has 5 aliphatic rings. The van der Waals surface area contributed by atoms with Gasteiger partial charge in [-0.3, -0.25) is 4.79 Å². The van der Waals surface area contributed by atoms with Crippen LogP contribution in [0.1, 0.15) is 123 Å². The van der Waals surface area contributed by atoms with Crippen LogP contribution in [0.15, 0.2) is 68.2 Å². The number of piperidine rings is 3. The van der Waals surface area contributed by atoms with Gasteiger partial charge >= 0.3 is 0 Å². The van der Waals surface area contributed by atoms with Crippen molar-refractivity contribution in [3.8, 4) is 52.6 Å². The summed E-state index contributed by atoms with van der Waals surface area (Å²) in [5.74, 6) is 5.04. The lowest BCUT2D eigenvalue weighted by molar-refractivity contribution is -0.169. The number of anilines is 3. The summed E-state index contributed by atoms with van der Waals surface area (Å²) in [6.07, 6.45) is 9.39. The number of Topliss-reactive ketones (excluding diaryl/α,β-unsaturated/α-hetero) is 1. The van der Waals surface area contributed by atoms with Gasteiger partial charge in [0.05, 0.1) is 69.8 Å². The Bertz CT molecular complexity index is 4230. The molecule has 0 unspecified atom stereocenters. The number of aromatic nitrogens is 9. The van der Waals surface area contributed by atoms with Gasteiger partial charge in [-0.25, -0.2) is 15.0 Å². The molecule has 1 spiro atoms. The predicted octanol–water partition coefficient (Wildman–Crippen LogP) is 10.3. The SMILES string of the molecule is CCc1cc(C#N)c2nc(N3CCC(=O)CC3)c(-c3nc(C)no3)cc2c1.CCc1cc(C#N)c2nc(N3CCC(N[C@H]4CCCOC4)CC3)c(-c3nc(C)no3)cc2c1.CCc1cc(C#N)c2nc(N3CCC4(CC3)OCCO4)c(-c3nc(C)no3)cc2c1. The second-order valence-corrected chi connectivity index (χ2v) is 23.5. The van der Waals surface area contributed by atoms with Crippen molar-refractivity contribution >= 4 is 55.9 Å². The van der Waals surface area contributed by atoms with Crippen LogP contribution in [-0.4, -0.2) is 135 Å². The van der Waals surface area contributed by atoms with Crippen molar-refractivity contribution < 1.29 is 32.6 Å². The number of ketones is 1. The highest BCUT2D eigenvalue weighted by molar-refractivity contribution is 5.94. The minimum absolute atomic E-state index is 0.257. The third kappa shape index (κ3) is 13.1. The largest absolute Gasteiger partial charge is 0.380 e. The van der Waals surface area contributed by atoms with Crippen molar-refractivity contribution in [3.05, 3.63) is 105 Å². The molecule has 0 bridgehead atoms. The van der Waals surface area contributed by atoms with Crippen LogP contribution in [0, 0.1) is 54.8 Å². The first-order valence-electron chi connectivity index (χ1n) is 31.3. The Hall–Kier alpha value is -9.31. The maximum Gasteiger partial charge on any atom is 0.261 e. The Morgan fingerprint density at radius 3 is 1.27 bits per heavy atom. The molecule has 23 heteroatoms. The average molecular weight is 1210 g/mol. The first kappa shape index (κ1) is 61.0. The van der Waals surface area contributed by atoms with Crippen LogP contribution in [-0.2, 0) is 38.3 Å². The summed E-state index contributed by atoms with van der Waals surface area (Å²) in [4.78, 5) is 46.3. The zero-order valence-corrected chi connectivity index (χ0v) is 51.8. The van der Waals surface area contributed by atoms with Gasteiger partial charge < -0.3 is 47.8 Å². The maximum absolute atomic E-state index is 11.7. The zero-order chi connectivity index (χ0) is 62.5. The van der Waals surface area contributed by atoms with E-state index in [1.165, 1.54) is 6.42 Å². The second kappa shape index (κ2) is 26.8. The van der Waals surface area contributed by atoms with Crippen LogP contribution in [0.25, 0.3) is 67.1 Å². The second-order valence-electron chi connectivity index (χ2n) is 23.5. The minimum Gasteiger partial charge on any atom is -0.380 e. The molecule has 0 saturated carbocycles. The molecule has 9 aromatic rings. The van der Waals surface area contributed by atoms with E-state index >= 15 is 0 Å². The number of carbonyl (C=O) groups is 1. The topological polar surface area (TPSA) is 293 Å². The van der Waals surface area contributed by atoms with Crippen LogP contribution in [0.2, 0.25) is 0 Å². The molecule has 5 fully saturated rings. The number of ether oxygens (including phenoxy) is 3. The molecule has 14 rings (SSSR count). The lowest BCUT2D eigenvalue weighted by Gasteiger charge is -2.38. The Morgan fingerprint density at radius 1 is 0.511 bits per heavy atom. The van der Waals surface area contributed by atoms with Crippen molar-refractivity contribution in [1.29, 1.82) is 15.8 Å². The van der Waals surface area contributed by atoms with Crippen molar-refractivity contribution in [2.24, 2.45) is 0 Å². The Kier molecular flexibility index (Phi) is 18.2. The van der Waals surface area contributed by atoms with E-state index < -0.39 is 5.79 Å². The number of hydrogen-bond acceptors (Lipinski definition) is 23. The highest BCUT2D eigenvalue weighted by Gasteiger charge is 2.41. The Labute approximate surface area is 521 Å². The molecule has 0 radical (unpaired) electrons. The van der Waals surface area contributed by atoms with Crippen molar-refractivity contribution in [2.75, 3.05) is 80.4 Å². The highest BCUT2D eigenvalue weighted by atomic mass is 16.7. The number of nitrogens with one attached hydrogen (secondary N) is 1. The Morgan fingerprint density at radius 2 is 0.911 bits per heavy atom. The molecule has 1 N–H and O–H groups in total. The predicted molar refractivity (Wildman–Crippen MR) is 336 cm³/mol. The van der Waals surface area contributed by atoms with Crippen LogP contribution in [0.3, 0.4) is 0 Å². The smallest absolute Gasteiger partial charge is 0.261 e. The number of nitrogens with zero attached hydrogens (tertiary/aromatic N) is 15. The molecule has 6 aromatic heterocycles. The molecule has 90 heavy (non-hydrogen) atoms. The highest BCUT2D eigenvalue weighted by Crippen LogP contribution is 2.40. The van der Waals surface area contributed by atoms with Gasteiger partial charge in [-0.2, -0.15) is 30.7 Å². The number of pyridine rings is 3. The molecule has 462 valence electrons. The number of aryl methyl sites for hydroxylation is 6. The number of benzene rings is 3. The van der Waals surface area contributed by atoms with Crippen LogP contribution in [0.5, 0.6) is 0 Å². The van der Waals surface area contributed by atoms with Gasteiger partial charge in [-0.05, 0) is 137 Å². The molecular weight excluding hydrogens is 1140 g/mol. The van der Waals surface area contributed by atoms with E-state index in [1.54, 1.807) is 13.8 Å². The van der Waals surface area contributed by atoms with Gasteiger partial charge in [0.1, 0.15) is 41.4 Å². The molecule has 3 aromatic carbocycles. The standard InChI is InChI=1S/C25H30N6O2.C22H23N5O3.C20H19N5O2/c1-3-17-11-18-13-22(25-27-16(2)30-33-25)24(29-23(18)19(12-17)14-26)31-8-6-20(7-9-31)28-21-5-4-10-32-15-21;1-3-15-10-16-12-18(21-24-14(2)26-30-21)20(25-19(16)17(11-15)13-23)27-6-4-22(5-7-27)28-8-9-29-22;1-3-13-8-14-10-17(20-22-12(2)24-27-20)19(23-18(14)15(9-13)11-21)25-6-4-16(26)5-7-25/h11-13,20-21,28H,3-10,15H2,1-2H3;10-12H,3-9H2,1-2H3;8-10H,3-7H2,1-2H3/t21-;;/m0../s1. The lowest BCUT2D eigenvalue weighted by atomic mass is 10.00. The van der Waals surface area contributed by atoms with E-state index in [-0.39, 0.29) is 5.78 Å². The van der Waals surface area contributed by atoms with E-state index in [4.69, 9.17) is 42.7 Å². The van der Waals surface area contributed by atoms with Gasteiger partial charge in [0.15, 0.2) is 23.3 Å². The minimum atomic E-state index is -0.470. The van der Waals surface area contributed by atoms with Gasteiger partial charge in [-0.1, -0.05) is 36.2 Å². The van der Waals surface area contributed by atoms with Gasteiger partial charge in [0.25, 0.3) is 17.7 Å². The van der Waals surface area contributed by atoms with E-state index in [0.29, 0.717) is 120 Å². The molecule has 11 heterocycles. The molecular formula is C67H72N16O7. The number of carbonyl (C=O) groups excluding carboxylic acids is 1. The summed E-state index contributed by atoms with van der Waals surface area (Å²) in [5.41, 5.74) is 9.42. The Balaban J connectivity index is 0.000000131. The third-order valence-corrected chi connectivity index (χ3v) is 17.4. The fourth-order valence-corrected chi connectivity index (χ4v) is 12.6. The normalized spacial score (nSPS) is 17.7. The summed E-state index contributed by atoms with van der Waals surface area (Å²) < 4.78 is 33.8. The number of hydrogen-bond donors (Lipinski definition) is 1. The van der Waals surface area contributed by atoms with Crippen molar-refractivity contribution in [1.82, 2.24) is 50.7 Å². The monoisotopic (exact) mass is 1210 g/mol. The fourth-order valence-electron chi connectivity index (χ4n) is 12.6. The number of nitriles is 3. The van der Waals surface area contributed by atoms with Gasteiger partial charge in [-0.15, -0.1) is 0 Å². The molecule has 0 amide bonds. The van der Waals surface area contributed by atoms with Crippen LogP contribution >= 0.6 is 0 Å². The fraction of sp³-hybridized carbons (Fsp3) is 0.448. The number of rotatable bonds is 11. The van der Waals surface area contributed by atoms with Gasteiger partial charge in [0.2, 0.25) is 0 Å². The quantitative estimate of drug-likeness (QED) is 0.126. The third-order valence-electron chi connectivity index (χ3n) is 17.4. The summed E-state index contributed by atoms with van der Waals surface area (Å²) in [5, 5.41) is 47.4. The van der Waals surface area contributed by atoms with Crippen LogP contribution in [0.4, 0.5) is 17.5 Å². The first-order valence-corrected chi connectivity index (χ1v) is 31.3. The molecule has 5 saturated heterocycles. The first-order chi connectivity index (χ1) is 43.8. The summed E-state index contributed by atoms with van der Waals surface area (Å²) in [6.45, 7) is 19.0. The maximum atomic E-state index is 11.7. The molecule has 23 nitrogen and oxygen atoms in total. The van der Waals surface area contributed by atoms with Crippen molar-refractivity contribution in [2.45, 2.75) is 130 Å². The summed E-state index contributed by atoms with van der Waals surface area (Å²) in [7, 11) is 0. The van der Waals surface area contributed by atoms with E-state index in [9.17, 15) is 20.6 Å². The summed E-state index contributed by atoms with van der Waals surface area (Å²) >= 11 is 0. The van der Waals surface area contributed by atoms with E-state index in [2.05, 4.69) is 102 Å². The molecule has 0 aliphatic carbocycles. The van der Waals surface area contributed by atoms with Crippen molar-refractivity contribution in [3.63, 3.8) is 0 Å². The molecule has 5 aliphatic heterocycles. The summed E-state index contributed by atoms with van der Waals surface area (Å²) in [6, 6.07) is 25.8. The molecule has 1 atom stereocenters. The van der Waals surface area contributed by atoms with E-state index in [1.807, 2.05) is 49.4 Å². The average Bonchev–Trinajstić information content (AvgIpc) is 1.58.